The number of hydrogen-bond acceptors (Lipinski definition) is 3. The minimum atomic E-state index is -0.449. The largest absolute Gasteiger partial charge is 0.465 e. The predicted molar refractivity (Wildman–Crippen MR) is 70.5 cm³/mol. The van der Waals surface area contributed by atoms with Crippen LogP contribution < -0.4 is 5.32 Å². The SMILES string of the molecule is COC(=O)c1ccccc1NC(=O)CCC(C)C. The number of amides is 1. The Hall–Kier alpha value is -1.84. The van der Waals surface area contributed by atoms with Crippen molar-refractivity contribution in [1.29, 1.82) is 0 Å². The van der Waals surface area contributed by atoms with Gasteiger partial charge in [0.25, 0.3) is 0 Å². The molecule has 0 atom stereocenters. The number of anilines is 1. The van der Waals surface area contributed by atoms with E-state index in [0.717, 1.165) is 6.42 Å². The Balaban J connectivity index is 2.72. The summed E-state index contributed by atoms with van der Waals surface area (Å²) in [5.41, 5.74) is 0.871. The molecular weight excluding hydrogens is 230 g/mol. The first-order chi connectivity index (χ1) is 8.54. The molecule has 18 heavy (non-hydrogen) atoms. The number of rotatable bonds is 5. The zero-order valence-electron chi connectivity index (χ0n) is 11.0. The Bertz CT molecular complexity index is 427. The topological polar surface area (TPSA) is 55.4 Å². The first kappa shape index (κ1) is 14.2. The Labute approximate surface area is 107 Å². The molecule has 4 nitrogen and oxygen atoms in total. The van der Waals surface area contributed by atoms with Crippen molar-refractivity contribution in [2.24, 2.45) is 5.92 Å². The molecule has 0 saturated heterocycles. The maximum Gasteiger partial charge on any atom is 0.339 e. The van der Waals surface area contributed by atoms with E-state index >= 15 is 0 Å². The number of ether oxygens (including phenoxy) is 1. The molecule has 0 heterocycles. The summed E-state index contributed by atoms with van der Waals surface area (Å²) in [5, 5.41) is 2.74. The molecule has 0 aromatic heterocycles. The molecule has 4 heteroatoms. The summed E-state index contributed by atoms with van der Waals surface area (Å²) in [7, 11) is 1.32. The van der Waals surface area contributed by atoms with E-state index in [0.29, 0.717) is 23.6 Å². The maximum absolute atomic E-state index is 11.7. The van der Waals surface area contributed by atoms with Crippen molar-refractivity contribution in [3.63, 3.8) is 0 Å². The fraction of sp³-hybridized carbons (Fsp3) is 0.429. The smallest absolute Gasteiger partial charge is 0.339 e. The molecule has 0 aliphatic rings. The van der Waals surface area contributed by atoms with Crippen LogP contribution in [0.3, 0.4) is 0 Å². The van der Waals surface area contributed by atoms with Gasteiger partial charge in [0.05, 0.1) is 18.4 Å². The summed E-state index contributed by atoms with van der Waals surface area (Å²) in [4.78, 5) is 23.2. The Kier molecular flexibility index (Phi) is 5.36. The maximum atomic E-state index is 11.7. The van der Waals surface area contributed by atoms with Crippen molar-refractivity contribution in [1.82, 2.24) is 0 Å². The van der Waals surface area contributed by atoms with E-state index < -0.39 is 5.97 Å². The number of carbonyl (C=O) groups is 2. The molecule has 0 fully saturated rings. The molecule has 1 rings (SSSR count). The van der Waals surface area contributed by atoms with E-state index in [1.165, 1.54) is 7.11 Å². The molecular formula is C14H19NO3. The van der Waals surface area contributed by atoms with Crippen molar-refractivity contribution in [2.45, 2.75) is 26.7 Å². The van der Waals surface area contributed by atoms with Crippen LogP contribution >= 0.6 is 0 Å². The van der Waals surface area contributed by atoms with Gasteiger partial charge in [0.2, 0.25) is 5.91 Å². The lowest BCUT2D eigenvalue weighted by Crippen LogP contribution is -2.15. The number of esters is 1. The first-order valence-electron chi connectivity index (χ1n) is 6.01. The van der Waals surface area contributed by atoms with Crippen LogP contribution in [0.1, 0.15) is 37.0 Å². The summed E-state index contributed by atoms with van der Waals surface area (Å²) >= 11 is 0. The third-order valence-electron chi connectivity index (χ3n) is 2.56. The van der Waals surface area contributed by atoms with Gasteiger partial charge in [0, 0.05) is 6.42 Å². The van der Waals surface area contributed by atoms with Gasteiger partial charge in [0.1, 0.15) is 0 Å². The second kappa shape index (κ2) is 6.79. The molecule has 0 spiro atoms. The first-order valence-corrected chi connectivity index (χ1v) is 6.01. The van der Waals surface area contributed by atoms with Gasteiger partial charge in [-0.2, -0.15) is 0 Å². The van der Waals surface area contributed by atoms with Crippen molar-refractivity contribution < 1.29 is 14.3 Å². The molecule has 0 saturated carbocycles. The summed E-state index contributed by atoms with van der Waals surface area (Å²) in [6.07, 6.45) is 1.28. The van der Waals surface area contributed by atoms with Crippen LogP contribution in [0, 0.1) is 5.92 Å². The standard InChI is InChI=1S/C14H19NO3/c1-10(2)8-9-13(16)15-12-7-5-4-6-11(12)14(17)18-3/h4-7,10H,8-9H2,1-3H3,(H,15,16). The predicted octanol–water partition coefficient (Wildman–Crippen LogP) is 2.85. The third-order valence-corrected chi connectivity index (χ3v) is 2.56. The average Bonchev–Trinajstić information content (AvgIpc) is 2.36. The molecule has 1 aromatic carbocycles. The van der Waals surface area contributed by atoms with Crippen molar-refractivity contribution in [3.8, 4) is 0 Å². The molecule has 98 valence electrons. The van der Waals surface area contributed by atoms with E-state index in [4.69, 9.17) is 0 Å². The van der Waals surface area contributed by atoms with Crippen LogP contribution in [-0.4, -0.2) is 19.0 Å². The Morgan fingerprint density at radius 1 is 1.28 bits per heavy atom. The monoisotopic (exact) mass is 249 g/mol. The highest BCUT2D eigenvalue weighted by molar-refractivity contribution is 6.01. The number of benzene rings is 1. The normalized spacial score (nSPS) is 10.2. The summed E-state index contributed by atoms with van der Waals surface area (Å²) in [6.45, 7) is 4.13. The van der Waals surface area contributed by atoms with Gasteiger partial charge in [0.15, 0.2) is 0 Å². The van der Waals surface area contributed by atoms with Crippen LogP contribution in [0.2, 0.25) is 0 Å². The van der Waals surface area contributed by atoms with Crippen LogP contribution in [0.15, 0.2) is 24.3 Å². The van der Waals surface area contributed by atoms with Gasteiger partial charge in [-0.1, -0.05) is 26.0 Å². The fourth-order valence-electron chi connectivity index (χ4n) is 1.51. The van der Waals surface area contributed by atoms with Crippen LogP contribution in [0.25, 0.3) is 0 Å². The molecule has 1 N–H and O–H groups in total. The lowest BCUT2D eigenvalue weighted by molar-refractivity contribution is -0.116. The van der Waals surface area contributed by atoms with Crippen LogP contribution in [0.4, 0.5) is 5.69 Å². The molecule has 0 aliphatic heterocycles. The quantitative estimate of drug-likeness (QED) is 0.816. The number of hydrogen-bond donors (Lipinski definition) is 1. The number of nitrogens with one attached hydrogen (secondary N) is 1. The van der Waals surface area contributed by atoms with Crippen molar-refractivity contribution in [3.05, 3.63) is 29.8 Å². The molecule has 0 unspecified atom stereocenters. The average molecular weight is 249 g/mol. The van der Waals surface area contributed by atoms with E-state index in [-0.39, 0.29) is 5.91 Å². The summed E-state index contributed by atoms with van der Waals surface area (Å²) in [5.74, 6) is -0.0542. The summed E-state index contributed by atoms with van der Waals surface area (Å²) in [6, 6.07) is 6.82. The molecule has 0 radical (unpaired) electrons. The van der Waals surface area contributed by atoms with E-state index in [1.54, 1.807) is 24.3 Å². The Morgan fingerprint density at radius 2 is 1.94 bits per heavy atom. The minimum absolute atomic E-state index is 0.0833. The zero-order chi connectivity index (χ0) is 13.5. The highest BCUT2D eigenvalue weighted by atomic mass is 16.5. The van der Waals surface area contributed by atoms with Crippen LogP contribution in [0.5, 0.6) is 0 Å². The van der Waals surface area contributed by atoms with E-state index in [1.807, 2.05) is 0 Å². The number of carbonyl (C=O) groups excluding carboxylic acids is 2. The minimum Gasteiger partial charge on any atom is -0.465 e. The highest BCUT2D eigenvalue weighted by Gasteiger charge is 2.13. The van der Waals surface area contributed by atoms with Crippen molar-refractivity contribution in [2.75, 3.05) is 12.4 Å². The summed E-state index contributed by atoms with van der Waals surface area (Å²) < 4.78 is 4.67. The number of methoxy groups -OCH3 is 1. The second-order valence-electron chi connectivity index (χ2n) is 4.52. The van der Waals surface area contributed by atoms with E-state index in [2.05, 4.69) is 23.9 Å². The van der Waals surface area contributed by atoms with Gasteiger partial charge >= 0.3 is 5.97 Å². The lowest BCUT2D eigenvalue weighted by atomic mass is 10.1. The van der Waals surface area contributed by atoms with Crippen LogP contribution in [-0.2, 0) is 9.53 Å². The van der Waals surface area contributed by atoms with Gasteiger partial charge in [-0.05, 0) is 24.5 Å². The molecule has 0 bridgehead atoms. The van der Waals surface area contributed by atoms with E-state index in [9.17, 15) is 9.59 Å². The third kappa shape index (κ3) is 4.20. The molecule has 0 aliphatic carbocycles. The molecule has 1 aromatic rings. The van der Waals surface area contributed by atoms with Gasteiger partial charge in [-0.3, -0.25) is 4.79 Å². The second-order valence-corrected chi connectivity index (χ2v) is 4.52. The van der Waals surface area contributed by atoms with Gasteiger partial charge in [-0.25, -0.2) is 4.79 Å². The van der Waals surface area contributed by atoms with Crippen molar-refractivity contribution >= 4 is 17.6 Å². The zero-order valence-corrected chi connectivity index (χ0v) is 11.0. The Morgan fingerprint density at radius 3 is 2.56 bits per heavy atom. The fourth-order valence-corrected chi connectivity index (χ4v) is 1.51. The molecule has 1 amide bonds. The highest BCUT2D eigenvalue weighted by Crippen LogP contribution is 2.16. The van der Waals surface area contributed by atoms with Gasteiger partial charge in [-0.15, -0.1) is 0 Å². The van der Waals surface area contributed by atoms with Gasteiger partial charge < -0.3 is 10.1 Å². The number of para-hydroxylation sites is 1. The lowest BCUT2D eigenvalue weighted by Gasteiger charge is -2.10.